The molecule has 0 aliphatic heterocycles. The first-order valence-electron chi connectivity index (χ1n) is 4.43. The molecule has 0 N–H and O–H groups in total. The van der Waals surface area contributed by atoms with Gasteiger partial charge in [0.05, 0.1) is 5.69 Å². The second-order valence-corrected chi connectivity index (χ2v) is 3.04. The van der Waals surface area contributed by atoms with E-state index in [4.69, 9.17) is 0 Å². The minimum atomic E-state index is -0.0664. The number of carbonyl (C=O) groups excluding carboxylic acids is 1. The topological polar surface area (TPSA) is 29.4 Å². The number of ketones is 1. The number of hydrogen-bond donors (Lipinski definition) is 0. The van der Waals surface area contributed by atoms with Gasteiger partial charge in [0.2, 0.25) is 0 Å². The molecular formula is C12H13NO. The van der Waals surface area contributed by atoms with Crippen molar-refractivity contribution in [3.63, 3.8) is 0 Å². The zero-order chi connectivity index (χ0) is 10.6. The molecule has 72 valence electrons. The number of para-hydroxylation sites is 1. The van der Waals surface area contributed by atoms with Gasteiger partial charge in [-0.1, -0.05) is 24.8 Å². The van der Waals surface area contributed by atoms with Gasteiger partial charge in [0.15, 0.2) is 5.78 Å². The Morgan fingerprint density at radius 1 is 1.43 bits per heavy atom. The van der Waals surface area contributed by atoms with Gasteiger partial charge in [-0.05, 0) is 24.6 Å². The number of nitrogens with zero attached hydrogens (tertiary/aromatic N) is 1. The van der Waals surface area contributed by atoms with Crippen LogP contribution in [0.1, 0.15) is 12.5 Å². The minimum Gasteiger partial charge on any atom is -0.293 e. The first-order chi connectivity index (χ1) is 6.65. The number of aliphatic imine (C=N–C) groups is 1. The average molecular weight is 187 g/mol. The van der Waals surface area contributed by atoms with Crippen molar-refractivity contribution in [1.82, 2.24) is 0 Å². The summed E-state index contributed by atoms with van der Waals surface area (Å²) >= 11 is 0. The number of allylic oxidation sites excluding steroid dienone is 1. The second kappa shape index (κ2) is 4.51. The third-order valence-electron chi connectivity index (χ3n) is 1.91. The largest absolute Gasteiger partial charge is 0.293 e. The average Bonchev–Trinajstić information content (AvgIpc) is 2.16. The number of benzene rings is 1. The van der Waals surface area contributed by atoms with Crippen molar-refractivity contribution in [2.45, 2.75) is 13.8 Å². The van der Waals surface area contributed by atoms with Gasteiger partial charge in [0, 0.05) is 6.92 Å². The third kappa shape index (κ3) is 2.39. The summed E-state index contributed by atoms with van der Waals surface area (Å²) in [5.74, 6) is -0.0664. The molecule has 0 amide bonds. The van der Waals surface area contributed by atoms with E-state index in [1.807, 2.05) is 31.2 Å². The van der Waals surface area contributed by atoms with E-state index in [2.05, 4.69) is 11.6 Å². The Labute approximate surface area is 84.0 Å². The number of carbonyl (C=O) groups is 1. The van der Waals surface area contributed by atoms with E-state index in [9.17, 15) is 4.79 Å². The molecule has 14 heavy (non-hydrogen) atoms. The molecule has 0 spiro atoms. The fourth-order valence-electron chi connectivity index (χ4n) is 1.09. The molecule has 0 atom stereocenters. The Morgan fingerprint density at radius 2 is 2.07 bits per heavy atom. The molecule has 0 aliphatic rings. The molecule has 1 aromatic rings. The van der Waals surface area contributed by atoms with E-state index in [-0.39, 0.29) is 5.78 Å². The molecule has 2 nitrogen and oxygen atoms in total. The first kappa shape index (κ1) is 10.4. The van der Waals surface area contributed by atoms with Crippen LogP contribution >= 0.6 is 0 Å². The number of Topliss-reactive ketones (excluding diaryl/α,β-unsaturated/α-hetero) is 1. The van der Waals surface area contributed by atoms with Crippen LogP contribution in [0.5, 0.6) is 0 Å². The molecule has 0 saturated heterocycles. The van der Waals surface area contributed by atoms with Gasteiger partial charge in [-0.2, -0.15) is 0 Å². The molecule has 0 radical (unpaired) electrons. The highest BCUT2D eigenvalue weighted by molar-refractivity contribution is 6.43. The van der Waals surface area contributed by atoms with Crippen LogP contribution in [-0.2, 0) is 4.79 Å². The van der Waals surface area contributed by atoms with Crippen LogP contribution < -0.4 is 0 Å². The van der Waals surface area contributed by atoms with Crippen molar-refractivity contribution < 1.29 is 4.79 Å². The lowest BCUT2D eigenvalue weighted by Crippen LogP contribution is -2.05. The summed E-state index contributed by atoms with van der Waals surface area (Å²) in [6, 6.07) is 7.67. The summed E-state index contributed by atoms with van der Waals surface area (Å²) in [4.78, 5) is 15.3. The van der Waals surface area contributed by atoms with Gasteiger partial charge in [-0.3, -0.25) is 4.79 Å². The fourth-order valence-corrected chi connectivity index (χ4v) is 1.09. The SMILES string of the molecule is C=CC(=Nc1ccccc1C)C(C)=O. The Hall–Kier alpha value is -1.70. The quantitative estimate of drug-likeness (QED) is 0.669. The van der Waals surface area contributed by atoms with E-state index in [0.29, 0.717) is 5.71 Å². The lowest BCUT2D eigenvalue weighted by Gasteiger charge is -2.00. The summed E-state index contributed by atoms with van der Waals surface area (Å²) in [7, 11) is 0. The van der Waals surface area contributed by atoms with Crippen molar-refractivity contribution in [3.8, 4) is 0 Å². The van der Waals surface area contributed by atoms with E-state index in [0.717, 1.165) is 11.3 Å². The van der Waals surface area contributed by atoms with E-state index in [1.165, 1.54) is 13.0 Å². The summed E-state index contributed by atoms with van der Waals surface area (Å²) in [6.45, 7) is 7.00. The lowest BCUT2D eigenvalue weighted by atomic mass is 10.2. The Balaban J connectivity index is 3.13. The van der Waals surface area contributed by atoms with Crippen LogP contribution in [-0.4, -0.2) is 11.5 Å². The fraction of sp³-hybridized carbons (Fsp3) is 0.167. The summed E-state index contributed by atoms with van der Waals surface area (Å²) < 4.78 is 0. The van der Waals surface area contributed by atoms with Crippen molar-refractivity contribution in [2.24, 2.45) is 4.99 Å². The number of hydrogen-bond acceptors (Lipinski definition) is 2. The maximum Gasteiger partial charge on any atom is 0.178 e. The number of rotatable bonds is 3. The van der Waals surface area contributed by atoms with Gasteiger partial charge in [0.1, 0.15) is 5.71 Å². The molecule has 2 heteroatoms. The monoisotopic (exact) mass is 187 g/mol. The Morgan fingerprint density at radius 3 is 2.57 bits per heavy atom. The van der Waals surface area contributed by atoms with Gasteiger partial charge in [-0.15, -0.1) is 0 Å². The maximum atomic E-state index is 11.1. The van der Waals surface area contributed by atoms with Crippen LogP contribution in [0.2, 0.25) is 0 Å². The second-order valence-electron chi connectivity index (χ2n) is 3.04. The van der Waals surface area contributed by atoms with Gasteiger partial charge in [-0.25, -0.2) is 4.99 Å². The van der Waals surface area contributed by atoms with Crippen LogP contribution in [0, 0.1) is 6.92 Å². The van der Waals surface area contributed by atoms with E-state index in [1.54, 1.807) is 0 Å². The molecule has 1 aromatic carbocycles. The first-order valence-corrected chi connectivity index (χ1v) is 4.43. The molecule has 0 bridgehead atoms. The summed E-state index contributed by atoms with van der Waals surface area (Å²) in [5.41, 5.74) is 2.27. The maximum absolute atomic E-state index is 11.1. The molecule has 0 saturated carbocycles. The zero-order valence-corrected chi connectivity index (χ0v) is 8.45. The van der Waals surface area contributed by atoms with Crippen LogP contribution in [0.25, 0.3) is 0 Å². The molecule has 0 fully saturated rings. The highest BCUT2D eigenvalue weighted by Gasteiger charge is 2.01. The number of aryl methyl sites for hydroxylation is 1. The van der Waals surface area contributed by atoms with Crippen molar-refractivity contribution >= 4 is 17.2 Å². The van der Waals surface area contributed by atoms with Gasteiger partial charge < -0.3 is 0 Å². The highest BCUT2D eigenvalue weighted by atomic mass is 16.1. The van der Waals surface area contributed by atoms with E-state index < -0.39 is 0 Å². The highest BCUT2D eigenvalue weighted by Crippen LogP contribution is 2.17. The predicted molar refractivity (Wildman–Crippen MR) is 59.2 cm³/mol. The van der Waals surface area contributed by atoms with Gasteiger partial charge in [0.25, 0.3) is 0 Å². The lowest BCUT2D eigenvalue weighted by molar-refractivity contribution is -0.111. The van der Waals surface area contributed by atoms with Gasteiger partial charge >= 0.3 is 0 Å². The standard InChI is InChI=1S/C12H13NO/c1-4-11(10(3)14)13-12-8-6-5-7-9(12)2/h4-8H,1H2,2-3H3. The van der Waals surface area contributed by atoms with Crippen LogP contribution in [0.3, 0.4) is 0 Å². The summed E-state index contributed by atoms with van der Waals surface area (Å²) in [6.07, 6.45) is 1.48. The molecule has 1 rings (SSSR count). The van der Waals surface area contributed by atoms with Crippen LogP contribution in [0.15, 0.2) is 41.9 Å². The Bertz CT molecular complexity index is 391. The van der Waals surface area contributed by atoms with Crippen molar-refractivity contribution in [1.29, 1.82) is 0 Å². The molecule has 0 aromatic heterocycles. The molecule has 0 heterocycles. The van der Waals surface area contributed by atoms with Crippen molar-refractivity contribution in [2.75, 3.05) is 0 Å². The predicted octanol–water partition coefficient (Wildman–Crippen LogP) is 2.84. The smallest absolute Gasteiger partial charge is 0.178 e. The van der Waals surface area contributed by atoms with Crippen LogP contribution in [0.4, 0.5) is 5.69 Å². The Kier molecular flexibility index (Phi) is 3.35. The third-order valence-corrected chi connectivity index (χ3v) is 1.91. The van der Waals surface area contributed by atoms with Crippen molar-refractivity contribution in [3.05, 3.63) is 42.5 Å². The molecule has 0 aliphatic carbocycles. The summed E-state index contributed by atoms with van der Waals surface area (Å²) in [5, 5.41) is 0. The normalized spacial score (nSPS) is 11.1. The van der Waals surface area contributed by atoms with E-state index >= 15 is 0 Å². The minimum absolute atomic E-state index is 0.0664. The molecular weight excluding hydrogens is 174 g/mol. The molecule has 0 unspecified atom stereocenters. The zero-order valence-electron chi connectivity index (χ0n) is 8.45.